The lowest BCUT2D eigenvalue weighted by Crippen LogP contribution is -2.01. The van der Waals surface area contributed by atoms with E-state index < -0.39 is 0 Å². The number of benzene rings is 2. The minimum atomic E-state index is 0.714. The lowest BCUT2D eigenvalue weighted by molar-refractivity contribution is 1.02. The molecule has 2 aromatic carbocycles. The lowest BCUT2D eigenvalue weighted by Gasteiger charge is -2.10. The van der Waals surface area contributed by atoms with E-state index in [-0.39, 0.29) is 0 Å². The monoisotopic (exact) mass is 303 g/mol. The minimum Gasteiger partial charge on any atom is -0.337 e. The Balaban J connectivity index is 1.95. The van der Waals surface area contributed by atoms with Crippen molar-refractivity contribution >= 4 is 28.2 Å². The molecule has 0 aliphatic heterocycles. The highest BCUT2D eigenvalue weighted by atomic mass is 15.3. The summed E-state index contributed by atoms with van der Waals surface area (Å²) in [4.78, 5) is 4.74. The Morgan fingerprint density at radius 1 is 0.870 bits per heavy atom. The van der Waals surface area contributed by atoms with Crippen LogP contribution < -0.4 is 5.32 Å². The first-order valence-electron chi connectivity index (χ1n) is 7.57. The van der Waals surface area contributed by atoms with Gasteiger partial charge in [0, 0.05) is 5.69 Å². The zero-order valence-electron chi connectivity index (χ0n) is 13.3. The zero-order valence-corrected chi connectivity index (χ0v) is 13.3. The molecule has 0 spiro atoms. The number of anilines is 2. The van der Waals surface area contributed by atoms with Crippen LogP contribution in [0.15, 0.2) is 42.5 Å². The summed E-state index contributed by atoms with van der Waals surface area (Å²) in [6, 6.07) is 14.4. The molecule has 5 nitrogen and oxygen atoms in total. The van der Waals surface area contributed by atoms with Gasteiger partial charge in [-0.15, -0.1) is 10.2 Å². The fraction of sp³-hybridized carbons (Fsp3) is 0.167. The summed E-state index contributed by atoms with van der Waals surface area (Å²) in [5.74, 6) is 1.57. The van der Waals surface area contributed by atoms with E-state index in [4.69, 9.17) is 4.98 Å². The van der Waals surface area contributed by atoms with Crippen LogP contribution in [-0.2, 0) is 0 Å². The maximum Gasteiger partial charge on any atom is 0.204 e. The number of aromatic nitrogens is 4. The number of nitrogens with one attached hydrogen (secondary N) is 1. The Hall–Kier alpha value is -2.95. The molecular weight excluding hydrogens is 286 g/mol. The van der Waals surface area contributed by atoms with Crippen molar-refractivity contribution in [1.82, 2.24) is 19.6 Å². The van der Waals surface area contributed by atoms with Crippen LogP contribution in [0, 0.1) is 20.8 Å². The third-order valence-corrected chi connectivity index (χ3v) is 3.96. The van der Waals surface area contributed by atoms with Gasteiger partial charge in [-0.05, 0) is 50.6 Å². The van der Waals surface area contributed by atoms with E-state index in [1.54, 1.807) is 0 Å². The largest absolute Gasteiger partial charge is 0.337 e. The minimum absolute atomic E-state index is 0.714. The van der Waals surface area contributed by atoms with Crippen LogP contribution in [0.4, 0.5) is 11.5 Å². The second kappa shape index (κ2) is 5.05. The van der Waals surface area contributed by atoms with Crippen LogP contribution in [0.2, 0.25) is 0 Å². The maximum absolute atomic E-state index is 4.74. The topological polar surface area (TPSA) is 55.1 Å². The van der Waals surface area contributed by atoms with Crippen LogP contribution in [0.25, 0.3) is 16.7 Å². The van der Waals surface area contributed by atoms with Crippen molar-refractivity contribution in [2.45, 2.75) is 20.8 Å². The Bertz CT molecular complexity index is 1020. The molecule has 0 fully saturated rings. The molecule has 2 heterocycles. The lowest BCUT2D eigenvalue weighted by atomic mass is 10.2. The molecule has 5 heteroatoms. The van der Waals surface area contributed by atoms with Crippen LogP contribution in [0.1, 0.15) is 17.0 Å². The smallest absolute Gasteiger partial charge is 0.204 e. The molecule has 0 saturated carbocycles. The molecule has 4 rings (SSSR count). The van der Waals surface area contributed by atoms with E-state index >= 15 is 0 Å². The Morgan fingerprint density at radius 3 is 2.39 bits per heavy atom. The molecule has 0 bridgehead atoms. The summed E-state index contributed by atoms with van der Waals surface area (Å²) in [6.07, 6.45) is 0. The molecule has 0 amide bonds. The van der Waals surface area contributed by atoms with Gasteiger partial charge in [0.25, 0.3) is 0 Å². The van der Waals surface area contributed by atoms with E-state index in [1.807, 2.05) is 29.5 Å². The number of nitrogens with zero attached hydrogens (tertiary/aromatic N) is 4. The van der Waals surface area contributed by atoms with Gasteiger partial charge in [-0.2, -0.15) is 0 Å². The van der Waals surface area contributed by atoms with Crippen LogP contribution in [0.3, 0.4) is 0 Å². The Kier molecular flexibility index (Phi) is 3.01. The van der Waals surface area contributed by atoms with Crippen molar-refractivity contribution in [1.29, 1.82) is 0 Å². The van der Waals surface area contributed by atoms with Gasteiger partial charge in [0.15, 0.2) is 5.82 Å². The third-order valence-electron chi connectivity index (χ3n) is 3.96. The highest BCUT2D eigenvalue weighted by Crippen LogP contribution is 2.25. The van der Waals surface area contributed by atoms with Gasteiger partial charge in [0.1, 0.15) is 5.82 Å². The average Bonchev–Trinajstić information content (AvgIpc) is 2.93. The number of hydrogen-bond donors (Lipinski definition) is 1. The second-order valence-electron chi connectivity index (χ2n) is 5.85. The van der Waals surface area contributed by atoms with Crippen LogP contribution in [-0.4, -0.2) is 19.6 Å². The maximum atomic E-state index is 4.74. The highest BCUT2D eigenvalue weighted by Gasteiger charge is 2.13. The van der Waals surface area contributed by atoms with Crippen molar-refractivity contribution < 1.29 is 0 Å². The summed E-state index contributed by atoms with van der Waals surface area (Å²) < 4.78 is 2.05. The van der Waals surface area contributed by atoms with Crippen LogP contribution in [0.5, 0.6) is 0 Å². The van der Waals surface area contributed by atoms with E-state index in [0.29, 0.717) is 5.82 Å². The highest BCUT2D eigenvalue weighted by molar-refractivity contribution is 5.84. The molecule has 2 aromatic heterocycles. The molecule has 0 atom stereocenters. The first-order chi connectivity index (χ1) is 11.1. The molecule has 1 N–H and O–H groups in total. The van der Waals surface area contributed by atoms with Gasteiger partial charge in [-0.1, -0.05) is 23.8 Å². The molecule has 23 heavy (non-hydrogen) atoms. The second-order valence-corrected chi connectivity index (χ2v) is 5.85. The molecule has 0 saturated heterocycles. The van der Waals surface area contributed by atoms with E-state index in [2.05, 4.69) is 53.6 Å². The Morgan fingerprint density at radius 2 is 1.61 bits per heavy atom. The molecule has 0 radical (unpaired) electrons. The fourth-order valence-electron chi connectivity index (χ4n) is 2.74. The number of aryl methyl sites for hydroxylation is 3. The molecular formula is C18H17N5. The van der Waals surface area contributed by atoms with Crippen molar-refractivity contribution in [2.24, 2.45) is 0 Å². The fourth-order valence-corrected chi connectivity index (χ4v) is 2.74. The third kappa shape index (κ3) is 2.30. The number of fused-ring (bicyclic) bond motifs is 3. The normalized spacial score (nSPS) is 11.3. The van der Waals surface area contributed by atoms with Gasteiger partial charge >= 0.3 is 0 Å². The average molecular weight is 303 g/mol. The Labute approximate surface area is 134 Å². The first kappa shape index (κ1) is 13.7. The molecule has 0 unspecified atom stereocenters. The first-order valence-corrected chi connectivity index (χ1v) is 7.57. The van der Waals surface area contributed by atoms with Crippen molar-refractivity contribution in [3.63, 3.8) is 0 Å². The van der Waals surface area contributed by atoms with Crippen molar-refractivity contribution in [3.8, 4) is 0 Å². The van der Waals surface area contributed by atoms with Crippen molar-refractivity contribution in [2.75, 3.05) is 5.32 Å². The standard InChI is InChI=1S/C18H17N5/c1-11-4-7-14(8-5-11)19-17-18-22-21-13(3)23(18)16-10-12(2)6-9-15(16)20-17/h4-10H,1-3H3,(H,19,20). The zero-order chi connectivity index (χ0) is 16.0. The van der Waals surface area contributed by atoms with Gasteiger partial charge in [-0.25, -0.2) is 4.98 Å². The van der Waals surface area contributed by atoms with E-state index in [1.165, 1.54) is 11.1 Å². The molecule has 4 aromatic rings. The predicted molar refractivity (Wildman–Crippen MR) is 92.2 cm³/mol. The summed E-state index contributed by atoms with van der Waals surface area (Å²) in [5.41, 5.74) is 6.07. The van der Waals surface area contributed by atoms with E-state index in [9.17, 15) is 0 Å². The van der Waals surface area contributed by atoms with Gasteiger partial charge in [0.2, 0.25) is 5.65 Å². The molecule has 114 valence electrons. The number of hydrogen-bond acceptors (Lipinski definition) is 4. The van der Waals surface area contributed by atoms with Crippen LogP contribution >= 0.6 is 0 Å². The summed E-state index contributed by atoms with van der Waals surface area (Å²) >= 11 is 0. The van der Waals surface area contributed by atoms with Crippen molar-refractivity contribution in [3.05, 3.63) is 59.4 Å². The summed E-state index contributed by atoms with van der Waals surface area (Å²) in [5, 5.41) is 11.9. The van der Waals surface area contributed by atoms with Gasteiger partial charge in [-0.3, -0.25) is 4.40 Å². The van der Waals surface area contributed by atoms with E-state index in [0.717, 1.165) is 28.2 Å². The van der Waals surface area contributed by atoms with Gasteiger partial charge < -0.3 is 5.32 Å². The molecule has 0 aliphatic rings. The van der Waals surface area contributed by atoms with Gasteiger partial charge in [0.05, 0.1) is 11.0 Å². The summed E-state index contributed by atoms with van der Waals surface area (Å²) in [7, 11) is 0. The summed E-state index contributed by atoms with van der Waals surface area (Å²) in [6.45, 7) is 6.10. The SMILES string of the molecule is Cc1ccc(Nc2nc3ccc(C)cc3n3c(C)nnc23)cc1. The molecule has 0 aliphatic carbocycles. The number of rotatable bonds is 2. The quantitative estimate of drug-likeness (QED) is 0.609. The predicted octanol–water partition coefficient (Wildman–Crippen LogP) is 3.95.